The van der Waals surface area contributed by atoms with Crippen molar-refractivity contribution < 1.29 is 8.42 Å². The molecule has 29 heavy (non-hydrogen) atoms. The summed E-state index contributed by atoms with van der Waals surface area (Å²) in [7, 11) is -3.25. The molecule has 0 aliphatic carbocycles. The number of anilines is 1. The molecule has 0 saturated carbocycles. The van der Waals surface area contributed by atoms with Crippen molar-refractivity contribution in [1.29, 1.82) is 0 Å². The molecule has 1 aliphatic rings. The Kier molecular flexibility index (Phi) is 11.9. The van der Waals surface area contributed by atoms with E-state index in [0.717, 1.165) is 32.5 Å². The molecule has 1 aromatic rings. The van der Waals surface area contributed by atoms with Gasteiger partial charge in [0.15, 0.2) is 5.96 Å². The summed E-state index contributed by atoms with van der Waals surface area (Å²) in [5.41, 5.74) is 1.24. The van der Waals surface area contributed by atoms with Gasteiger partial charge in [0.25, 0.3) is 0 Å². The van der Waals surface area contributed by atoms with E-state index in [4.69, 9.17) is 0 Å². The van der Waals surface area contributed by atoms with E-state index in [-0.39, 0.29) is 42.3 Å². The van der Waals surface area contributed by atoms with Gasteiger partial charge in [-0.25, -0.2) is 12.7 Å². The SMILES string of the molecule is CCNC(=NCCS(=O)(=O)N(CC)CC)NC1CCCN(c2ccccc2)C1.I. The normalized spacial score (nSPS) is 17.7. The first kappa shape index (κ1) is 26.0. The van der Waals surface area contributed by atoms with Crippen LogP contribution in [-0.4, -0.2) is 69.7 Å². The van der Waals surface area contributed by atoms with Gasteiger partial charge in [-0.3, -0.25) is 4.99 Å². The minimum atomic E-state index is -3.25. The van der Waals surface area contributed by atoms with E-state index in [2.05, 4.69) is 44.8 Å². The Morgan fingerprint density at radius 2 is 1.90 bits per heavy atom. The van der Waals surface area contributed by atoms with Crippen molar-refractivity contribution in [3.63, 3.8) is 0 Å². The van der Waals surface area contributed by atoms with Gasteiger partial charge in [-0.15, -0.1) is 24.0 Å². The van der Waals surface area contributed by atoms with Crippen LogP contribution in [0.3, 0.4) is 0 Å². The van der Waals surface area contributed by atoms with Crippen LogP contribution in [0.4, 0.5) is 5.69 Å². The molecule has 1 unspecified atom stereocenters. The molecule has 1 aromatic carbocycles. The minimum absolute atomic E-state index is 0. The van der Waals surface area contributed by atoms with Gasteiger partial charge >= 0.3 is 0 Å². The Morgan fingerprint density at radius 3 is 2.52 bits per heavy atom. The number of benzene rings is 1. The van der Waals surface area contributed by atoms with Crippen molar-refractivity contribution >= 4 is 45.6 Å². The molecule has 0 bridgehead atoms. The van der Waals surface area contributed by atoms with Crippen LogP contribution in [0.25, 0.3) is 0 Å². The van der Waals surface area contributed by atoms with Crippen molar-refractivity contribution in [2.75, 3.05) is 49.9 Å². The zero-order valence-electron chi connectivity index (χ0n) is 17.8. The lowest BCUT2D eigenvalue weighted by Gasteiger charge is -2.35. The zero-order valence-corrected chi connectivity index (χ0v) is 20.9. The predicted octanol–water partition coefficient (Wildman–Crippen LogP) is 2.50. The predicted molar refractivity (Wildman–Crippen MR) is 133 cm³/mol. The van der Waals surface area contributed by atoms with Crippen molar-refractivity contribution in [2.24, 2.45) is 4.99 Å². The van der Waals surface area contributed by atoms with Crippen LogP contribution in [-0.2, 0) is 10.0 Å². The van der Waals surface area contributed by atoms with Crippen molar-refractivity contribution in [2.45, 2.75) is 39.7 Å². The second-order valence-electron chi connectivity index (χ2n) is 6.93. The summed E-state index contributed by atoms with van der Waals surface area (Å²) in [5, 5.41) is 6.73. The number of hydrogen-bond donors (Lipinski definition) is 2. The van der Waals surface area contributed by atoms with Crippen molar-refractivity contribution in [3.8, 4) is 0 Å². The van der Waals surface area contributed by atoms with Gasteiger partial charge in [-0.1, -0.05) is 32.0 Å². The molecule has 1 fully saturated rings. The van der Waals surface area contributed by atoms with E-state index in [1.54, 1.807) is 0 Å². The van der Waals surface area contributed by atoms with E-state index >= 15 is 0 Å². The van der Waals surface area contributed by atoms with E-state index in [9.17, 15) is 8.42 Å². The number of nitrogens with one attached hydrogen (secondary N) is 2. The second-order valence-corrected chi connectivity index (χ2v) is 9.01. The minimum Gasteiger partial charge on any atom is -0.369 e. The van der Waals surface area contributed by atoms with Gasteiger partial charge in [0.1, 0.15) is 0 Å². The molecule has 2 rings (SSSR count). The van der Waals surface area contributed by atoms with E-state index in [1.165, 1.54) is 9.99 Å². The Bertz CT molecular complexity index is 711. The Hall–Kier alpha value is -1.07. The number of guanidine groups is 1. The third kappa shape index (κ3) is 8.29. The molecule has 1 heterocycles. The topological polar surface area (TPSA) is 77.0 Å². The van der Waals surface area contributed by atoms with Crippen LogP contribution in [0.1, 0.15) is 33.6 Å². The van der Waals surface area contributed by atoms with E-state index in [0.29, 0.717) is 19.0 Å². The maximum Gasteiger partial charge on any atom is 0.215 e. The van der Waals surface area contributed by atoms with Gasteiger partial charge in [-0.05, 0) is 31.9 Å². The highest BCUT2D eigenvalue weighted by atomic mass is 127. The first-order valence-corrected chi connectivity index (χ1v) is 11.9. The van der Waals surface area contributed by atoms with Crippen LogP contribution >= 0.6 is 24.0 Å². The number of halogens is 1. The quantitative estimate of drug-likeness (QED) is 0.288. The summed E-state index contributed by atoms with van der Waals surface area (Å²) in [4.78, 5) is 6.90. The highest BCUT2D eigenvalue weighted by Gasteiger charge is 2.21. The smallest absolute Gasteiger partial charge is 0.215 e. The summed E-state index contributed by atoms with van der Waals surface area (Å²) in [6.07, 6.45) is 2.19. The third-order valence-corrected chi connectivity index (χ3v) is 6.95. The maximum absolute atomic E-state index is 12.3. The molecule has 0 aromatic heterocycles. The number of hydrogen-bond acceptors (Lipinski definition) is 4. The van der Waals surface area contributed by atoms with Gasteiger partial charge in [0.2, 0.25) is 10.0 Å². The number of nitrogens with zero attached hydrogens (tertiary/aromatic N) is 3. The highest BCUT2D eigenvalue weighted by Crippen LogP contribution is 2.19. The van der Waals surface area contributed by atoms with Crippen LogP contribution in [0.2, 0.25) is 0 Å². The molecule has 0 amide bonds. The van der Waals surface area contributed by atoms with Gasteiger partial charge < -0.3 is 15.5 Å². The highest BCUT2D eigenvalue weighted by molar-refractivity contribution is 14.0. The molecule has 1 saturated heterocycles. The monoisotopic (exact) mass is 537 g/mol. The molecule has 7 nitrogen and oxygen atoms in total. The van der Waals surface area contributed by atoms with Crippen molar-refractivity contribution in [1.82, 2.24) is 14.9 Å². The standard InChI is InChI=1S/C20H35N5O2S.HI/c1-4-21-20(22-14-16-28(26,27)25(5-2)6-3)23-18-11-10-15-24(17-18)19-12-8-7-9-13-19;/h7-9,12-13,18H,4-6,10-11,14-17H2,1-3H3,(H2,21,22,23);1H. The van der Waals surface area contributed by atoms with Gasteiger partial charge in [0, 0.05) is 44.5 Å². The lowest BCUT2D eigenvalue weighted by atomic mass is 10.1. The number of para-hydroxylation sites is 1. The molecule has 2 N–H and O–H groups in total. The molecular weight excluding hydrogens is 501 g/mol. The molecule has 0 spiro atoms. The fourth-order valence-electron chi connectivity index (χ4n) is 3.50. The first-order valence-electron chi connectivity index (χ1n) is 10.3. The van der Waals surface area contributed by atoms with Crippen LogP contribution in [0.5, 0.6) is 0 Å². The molecule has 0 radical (unpaired) electrons. The average Bonchev–Trinajstić information content (AvgIpc) is 2.69. The lowest BCUT2D eigenvalue weighted by molar-refractivity contribution is 0.445. The zero-order chi connectivity index (χ0) is 20.4. The van der Waals surface area contributed by atoms with Crippen LogP contribution in [0.15, 0.2) is 35.3 Å². The Morgan fingerprint density at radius 1 is 1.21 bits per heavy atom. The maximum atomic E-state index is 12.3. The van der Waals surface area contributed by atoms with Gasteiger partial charge in [-0.2, -0.15) is 0 Å². The summed E-state index contributed by atoms with van der Waals surface area (Å²) in [6, 6.07) is 10.7. The Balaban J connectivity index is 0.00000420. The number of aliphatic imine (C=N–C) groups is 1. The van der Waals surface area contributed by atoms with Crippen molar-refractivity contribution in [3.05, 3.63) is 30.3 Å². The lowest BCUT2D eigenvalue weighted by Crippen LogP contribution is -2.51. The number of rotatable bonds is 9. The third-order valence-electron chi connectivity index (χ3n) is 4.95. The summed E-state index contributed by atoms with van der Waals surface area (Å²) >= 11 is 0. The number of sulfonamides is 1. The molecule has 1 atom stereocenters. The fraction of sp³-hybridized carbons (Fsp3) is 0.650. The molecule has 9 heteroatoms. The number of piperidine rings is 1. The largest absolute Gasteiger partial charge is 0.369 e. The first-order chi connectivity index (χ1) is 13.5. The van der Waals surface area contributed by atoms with E-state index < -0.39 is 10.0 Å². The van der Waals surface area contributed by atoms with Crippen LogP contribution < -0.4 is 15.5 Å². The Labute approximate surface area is 193 Å². The molecule has 1 aliphatic heterocycles. The average molecular weight is 538 g/mol. The summed E-state index contributed by atoms with van der Waals surface area (Å²) < 4.78 is 26.2. The summed E-state index contributed by atoms with van der Waals surface area (Å²) in [5.74, 6) is 0.726. The van der Waals surface area contributed by atoms with Gasteiger partial charge in [0.05, 0.1) is 12.3 Å². The second kappa shape index (κ2) is 13.3. The molecule has 166 valence electrons. The van der Waals surface area contributed by atoms with E-state index in [1.807, 2.05) is 26.8 Å². The summed E-state index contributed by atoms with van der Waals surface area (Å²) in [6.45, 7) is 9.68. The van der Waals surface area contributed by atoms with Crippen LogP contribution in [0, 0.1) is 0 Å². The fourth-order valence-corrected chi connectivity index (χ4v) is 4.87. The molecular formula is C20H36IN5O2S.